The average Bonchev–Trinajstić information content (AvgIpc) is 2.93. The van der Waals surface area contributed by atoms with Crippen LogP contribution in [0, 0.1) is 0 Å². The van der Waals surface area contributed by atoms with E-state index in [1.165, 1.54) is 0 Å². The fraction of sp³-hybridized carbons (Fsp3) is 0.300. The van der Waals surface area contributed by atoms with Crippen molar-refractivity contribution in [1.29, 1.82) is 0 Å². The number of fused-ring (bicyclic) bond motifs is 1. The lowest BCUT2D eigenvalue weighted by molar-refractivity contribution is -0.153. The third-order valence-electron chi connectivity index (χ3n) is 4.48. The summed E-state index contributed by atoms with van der Waals surface area (Å²) in [6, 6.07) is 12.8. The summed E-state index contributed by atoms with van der Waals surface area (Å²) >= 11 is 12.2. The molecule has 0 N–H and O–H groups in total. The number of ether oxygens (including phenoxy) is 1. The summed E-state index contributed by atoms with van der Waals surface area (Å²) in [5.74, 6) is -0.776. The molecule has 0 aromatic heterocycles. The molecular formula is C20H19Cl2NO3. The van der Waals surface area contributed by atoms with Gasteiger partial charge in [0.1, 0.15) is 0 Å². The second-order valence-corrected chi connectivity index (χ2v) is 7.21. The van der Waals surface area contributed by atoms with Crippen LogP contribution in [0.25, 0.3) is 0 Å². The zero-order valence-corrected chi connectivity index (χ0v) is 16.1. The number of halogens is 2. The Morgan fingerprint density at radius 1 is 1.15 bits per heavy atom. The highest BCUT2D eigenvalue weighted by molar-refractivity contribution is 6.36. The SMILES string of the molecule is C[C@@H](OC(=O)Cc1c(Cl)cccc1Cl)C(=O)N1c2ccccc2C[C@@H]1C. The number of benzene rings is 2. The third kappa shape index (κ3) is 3.71. The zero-order valence-electron chi connectivity index (χ0n) is 14.5. The van der Waals surface area contributed by atoms with Crippen LogP contribution in [0.15, 0.2) is 42.5 Å². The van der Waals surface area contributed by atoms with Gasteiger partial charge in [-0.2, -0.15) is 0 Å². The Hall–Kier alpha value is -2.04. The Morgan fingerprint density at radius 2 is 1.81 bits per heavy atom. The predicted molar refractivity (Wildman–Crippen MR) is 103 cm³/mol. The molecule has 2 atom stereocenters. The summed E-state index contributed by atoms with van der Waals surface area (Å²) in [5.41, 5.74) is 2.50. The van der Waals surface area contributed by atoms with E-state index in [0.717, 1.165) is 17.7 Å². The first-order valence-electron chi connectivity index (χ1n) is 8.42. The molecule has 1 heterocycles. The van der Waals surface area contributed by atoms with Crippen molar-refractivity contribution < 1.29 is 14.3 Å². The third-order valence-corrected chi connectivity index (χ3v) is 5.19. The Labute approximate surface area is 162 Å². The Kier molecular flexibility index (Phi) is 5.54. The first-order chi connectivity index (χ1) is 12.4. The van der Waals surface area contributed by atoms with Crippen LogP contribution >= 0.6 is 23.2 Å². The second kappa shape index (κ2) is 7.68. The molecule has 0 saturated heterocycles. The molecule has 0 bridgehead atoms. The molecular weight excluding hydrogens is 373 g/mol. The zero-order chi connectivity index (χ0) is 18.8. The van der Waals surface area contributed by atoms with Crippen molar-refractivity contribution >= 4 is 40.8 Å². The lowest BCUT2D eigenvalue weighted by Gasteiger charge is -2.26. The van der Waals surface area contributed by atoms with Gasteiger partial charge in [0.25, 0.3) is 5.91 Å². The predicted octanol–water partition coefficient (Wildman–Crippen LogP) is 4.45. The number of nitrogens with zero attached hydrogens (tertiary/aromatic N) is 1. The number of anilines is 1. The molecule has 1 aliphatic heterocycles. The fourth-order valence-corrected chi connectivity index (χ4v) is 3.76. The molecule has 26 heavy (non-hydrogen) atoms. The minimum Gasteiger partial charge on any atom is -0.452 e. The van der Waals surface area contributed by atoms with Gasteiger partial charge in [-0.25, -0.2) is 0 Å². The summed E-state index contributed by atoms with van der Waals surface area (Å²) in [6.07, 6.45) is -0.183. The number of amides is 1. The lowest BCUT2D eigenvalue weighted by atomic mass is 10.1. The monoisotopic (exact) mass is 391 g/mol. The molecule has 0 unspecified atom stereocenters. The second-order valence-electron chi connectivity index (χ2n) is 6.40. The number of carbonyl (C=O) groups is 2. The van der Waals surface area contributed by atoms with Gasteiger partial charge < -0.3 is 9.64 Å². The maximum absolute atomic E-state index is 12.8. The van der Waals surface area contributed by atoms with Crippen molar-refractivity contribution in [1.82, 2.24) is 0 Å². The molecule has 2 aromatic carbocycles. The summed E-state index contributed by atoms with van der Waals surface area (Å²) in [4.78, 5) is 26.8. The molecule has 0 saturated carbocycles. The summed E-state index contributed by atoms with van der Waals surface area (Å²) in [7, 11) is 0. The molecule has 4 nitrogen and oxygen atoms in total. The van der Waals surface area contributed by atoms with Crippen molar-refractivity contribution in [2.24, 2.45) is 0 Å². The van der Waals surface area contributed by atoms with E-state index in [2.05, 4.69) is 0 Å². The highest BCUT2D eigenvalue weighted by Gasteiger charge is 2.34. The molecule has 2 aromatic rings. The number of hydrogen-bond donors (Lipinski definition) is 0. The molecule has 136 valence electrons. The minimum atomic E-state index is -0.891. The van der Waals surface area contributed by atoms with E-state index in [1.807, 2.05) is 31.2 Å². The standard InChI is InChI=1S/C20H19Cl2NO3/c1-12-10-14-6-3-4-9-18(14)23(12)20(25)13(2)26-19(24)11-15-16(21)7-5-8-17(15)22/h3-9,12-13H,10-11H2,1-2H3/t12-,13+/m0/s1. The van der Waals surface area contributed by atoms with Gasteiger partial charge in [0.2, 0.25) is 0 Å². The van der Waals surface area contributed by atoms with E-state index in [4.69, 9.17) is 27.9 Å². The Morgan fingerprint density at radius 3 is 2.50 bits per heavy atom. The van der Waals surface area contributed by atoms with E-state index >= 15 is 0 Å². The topological polar surface area (TPSA) is 46.6 Å². The molecule has 0 radical (unpaired) electrons. The molecule has 3 rings (SSSR count). The lowest BCUT2D eigenvalue weighted by Crippen LogP contribution is -2.43. The van der Waals surface area contributed by atoms with Gasteiger partial charge >= 0.3 is 5.97 Å². The number of rotatable bonds is 4. The van der Waals surface area contributed by atoms with Gasteiger partial charge in [0.05, 0.1) is 6.42 Å². The van der Waals surface area contributed by atoms with E-state index in [1.54, 1.807) is 30.0 Å². The smallest absolute Gasteiger partial charge is 0.311 e. The van der Waals surface area contributed by atoms with Crippen LogP contribution in [0.4, 0.5) is 5.69 Å². The van der Waals surface area contributed by atoms with E-state index in [0.29, 0.717) is 15.6 Å². The summed E-state index contributed by atoms with van der Waals surface area (Å²) in [6.45, 7) is 3.57. The van der Waals surface area contributed by atoms with Crippen molar-refractivity contribution in [3.8, 4) is 0 Å². The van der Waals surface area contributed by atoms with Crippen LogP contribution in [0.1, 0.15) is 25.0 Å². The van der Waals surface area contributed by atoms with Crippen molar-refractivity contribution in [3.05, 3.63) is 63.6 Å². The van der Waals surface area contributed by atoms with Gasteiger partial charge in [0, 0.05) is 27.3 Å². The molecule has 0 spiro atoms. The van der Waals surface area contributed by atoms with Crippen LogP contribution in [0.2, 0.25) is 10.0 Å². The Bertz CT molecular complexity index is 832. The van der Waals surface area contributed by atoms with Gasteiger partial charge in [-0.05, 0) is 44.0 Å². The quantitative estimate of drug-likeness (QED) is 0.723. The Balaban J connectivity index is 1.69. The van der Waals surface area contributed by atoms with E-state index < -0.39 is 12.1 Å². The number of esters is 1. The molecule has 0 fully saturated rings. The highest BCUT2D eigenvalue weighted by atomic mass is 35.5. The molecule has 0 aliphatic carbocycles. The number of para-hydroxylation sites is 1. The van der Waals surface area contributed by atoms with Gasteiger partial charge in [-0.1, -0.05) is 47.5 Å². The minimum absolute atomic E-state index is 0.0269. The van der Waals surface area contributed by atoms with Crippen LogP contribution in [-0.4, -0.2) is 24.0 Å². The average molecular weight is 392 g/mol. The van der Waals surface area contributed by atoms with Crippen molar-refractivity contribution in [2.45, 2.75) is 38.8 Å². The van der Waals surface area contributed by atoms with Crippen LogP contribution in [0.3, 0.4) is 0 Å². The molecule has 1 amide bonds. The number of hydrogen-bond acceptors (Lipinski definition) is 3. The summed E-state index contributed by atoms with van der Waals surface area (Å²) < 4.78 is 5.35. The van der Waals surface area contributed by atoms with Gasteiger partial charge in [-0.15, -0.1) is 0 Å². The molecule has 1 aliphatic rings. The van der Waals surface area contributed by atoms with Crippen LogP contribution in [-0.2, 0) is 27.2 Å². The largest absolute Gasteiger partial charge is 0.452 e. The fourth-order valence-electron chi connectivity index (χ4n) is 3.23. The van der Waals surface area contributed by atoms with E-state index in [-0.39, 0.29) is 18.4 Å². The van der Waals surface area contributed by atoms with E-state index in [9.17, 15) is 9.59 Å². The first-order valence-corrected chi connectivity index (χ1v) is 9.17. The normalized spacial score (nSPS) is 16.9. The van der Waals surface area contributed by atoms with Gasteiger partial charge in [-0.3, -0.25) is 9.59 Å². The van der Waals surface area contributed by atoms with Crippen molar-refractivity contribution in [3.63, 3.8) is 0 Å². The van der Waals surface area contributed by atoms with Crippen LogP contribution < -0.4 is 4.90 Å². The van der Waals surface area contributed by atoms with Crippen molar-refractivity contribution in [2.75, 3.05) is 4.90 Å². The highest BCUT2D eigenvalue weighted by Crippen LogP contribution is 2.32. The van der Waals surface area contributed by atoms with Crippen LogP contribution in [0.5, 0.6) is 0 Å². The molecule has 6 heteroatoms. The summed E-state index contributed by atoms with van der Waals surface area (Å²) in [5, 5.41) is 0.797. The number of carbonyl (C=O) groups excluding carboxylic acids is 2. The maximum atomic E-state index is 12.8. The van der Waals surface area contributed by atoms with Gasteiger partial charge in [0.15, 0.2) is 6.10 Å². The maximum Gasteiger partial charge on any atom is 0.311 e. The first kappa shape index (κ1) is 18.7.